The smallest absolute Gasteiger partial charge is 0.234 e. The van der Waals surface area contributed by atoms with E-state index in [9.17, 15) is 4.79 Å². The molecular weight excluding hydrogens is 297 g/mol. The van der Waals surface area contributed by atoms with Gasteiger partial charge in [0.05, 0.1) is 10.1 Å². The molecule has 1 rings (SSSR count). The maximum absolute atomic E-state index is 11.1. The van der Waals surface area contributed by atoms with Crippen LogP contribution >= 0.6 is 34.4 Å². The number of carbonyl (C=O) groups is 1. The molecule has 1 aromatic rings. The lowest BCUT2D eigenvalue weighted by atomic mass is 10.3. The van der Waals surface area contributed by atoms with E-state index in [0.717, 1.165) is 10.6 Å². The van der Waals surface area contributed by atoms with Crippen molar-refractivity contribution in [2.75, 3.05) is 16.0 Å². The van der Waals surface area contributed by atoms with Crippen LogP contribution in [0.3, 0.4) is 0 Å². The molecule has 0 spiro atoms. The van der Waals surface area contributed by atoms with Crippen molar-refractivity contribution in [1.82, 2.24) is 0 Å². The number of thioether (sulfide) groups is 1. The minimum Gasteiger partial charge on any atom is -0.324 e. The van der Waals surface area contributed by atoms with E-state index in [1.807, 2.05) is 53.1 Å². The zero-order valence-corrected chi connectivity index (χ0v) is 10.2. The molecule has 0 saturated heterocycles. The van der Waals surface area contributed by atoms with Crippen LogP contribution in [0.2, 0.25) is 0 Å². The summed E-state index contributed by atoms with van der Waals surface area (Å²) in [6, 6.07) is 7.79. The van der Waals surface area contributed by atoms with E-state index in [1.165, 1.54) is 0 Å². The molecule has 0 aliphatic carbocycles. The Morgan fingerprint density at radius 2 is 2.23 bits per heavy atom. The minimum atomic E-state index is 0.0436. The van der Waals surface area contributed by atoms with Crippen LogP contribution in [-0.4, -0.2) is 16.6 Å². The lowest BCUT2D eigenvalue weighted by Gasteiger charge is -2.07. The fourth-order valence-electron chi connectivity index (χ4n) is 0.932. The molecule has 1 aromatic carbocycles. The van der Waals surface area contributed by atoms with Gasteiger partial charge in [0.1, 0.15) is 0 Å². The average molecular weight is 307 g/mol. The fourth-order valence-corrected chi connectivity index (χ4v) is 1.68. The zero-order chi connectivity index (χ0) is 9.68. The molecule has 0 radical (unpaired) electrons. The first-order chi connectivity index (χ1) is 6.27. The average Bonchev–Trinajstić information content (AvgIpc) is 2.18. The summed E-state index contributed by atoms with van der Waals surface area (Å²) >= 11 is 3.68. The third-order valence-corrected chi connectivity index (χ3v) is 2.99. The number of anilines is 1. The summed E-state index contributed by atoms with van der Waals surface area (Å²) in [5.41, 5.74) is 0.900. The zero-order valence-electron chi connectivity index (χ0n) is 7.21. The van der Waals surface area contributed by atoms with Crippen molar-refractivity contribution in [2.24, 2.45) is 0 Å². The third-order valence-electron chi connectivity index (χ3n) is 1.50. The molecular formula is C9H10INOS. The molecule has 4 heteroatoms. The van der Waals surface area contributed by atoms with Gasteiger partial charge in [-0.05, 0) is 18.4 Å². The quantitative estimate of drug-likeness (QED) is 0.528. The lowest BCUT2D eigenvalue weighted by Crippen LogP contribution is -2.12. The van der Waals surface area contributed by atoms with Gasteiger partial charge in [-0.15, -0.1) is 11.8 Å². The number of carbonyl (C=O) groups excluding carboxylic acids is 1. The maximum atomic E-state index is 11.1. The second-order valence-corrected chi connectivity index (χ2v) is 3.99. The van der Waals surface area contributed by atoms with Gasteiger partial charge in [0.15, 0.2) is 0 Å². The summed E-state index contributed by atoms with van der Waals surface area (Å²) in [5, 5.41) is 2.84. The van der Waals surface area contributed by atoms with E-state index in [1.54, 1.807) is 11.8 Å². The first-order valence-electron chi connectivity index (χ1n) is 3.76. The molecule has 1 amide bonds. The number of rotatable bonds is 3. The van der Waals surface area contributed by atoms with Crippen LogP contribution in [0.25, 0.3) is 0 Å². The van der Waals surface area contributed by atoms with Crippen molar-refractivity contribution in [3.8, 4) is 0 Å². The van der Waals surface area contributed by atoms with Crippen LogP contribution in [0.4, 0.5) is 5.69 Å². The molecule has 0 aliphatic heterocycles. The van der Waals surface area contributed by atoms with Crippen molar-refractivity contribution in [1.29, 1.82) is 0 Å². The highest BCUT2D eigenvalue weighted by Gasteiger charge is 2.03. The number of para-hydroxylation sites is 1. The SMILES string of the molecule is CSc1ccccc1NC(=O)CI. The summed E-state index contributed by atoms with van der Waals surface area (Å²) in [6.07, 6.45) is 2.00. The number of nitrogens with one attached hydrogen (secondary N) is 1. The minimum absolute atomic E-state index is 0.0436. The molecule has 0 aliphatic rings. The van der Waals surface area contributed by atoms with Crippen LogP contribution in [0.1, 0.15) is 0 Å². The molecule has 70 valence electrons. The Bertz CT molecular complexity index is 303. The number of hydrogen-bond donors (Lipinski definition) is 1. The van der Waals surface area contributed by atoms with Crippen LogP contribution in [-0.2, 0) is 4.79 Å². The van der Waals surface area contributed by atoms with E-state index in [2.05, 4.69) is 5.32 Å². The highest BCUT2D eigenvalue weighted by atomic mass is 127. The van der Waals surface area contributed by atoms with Crippen molar-refractivity contribution < 1.29 is 4.79 Å². The first-order valence-corrected chi connectivity index (χ1v) is 6.51. The number of benzene rings is 1. The molecule has 2 nitrogen and oxygen atoms in total. The van der Waals surface area contributed by atoms with Crippen LogP contribution in [0.15, 0.2) is 29.2 Å². The largest absolute Gasteiger partial charge is 0.324 e. The highest BCUT2D eigenvalue weighted by Crippen LogP contribution is 2.24. The summed E-state index contributed by atoms with van der Waals surface area (Å²) in [7, 11) is 0. The Balaban J connectivity index is 2.81. The van der Waals surface area contributed by atoms with Crippen molar-refractivity contribution >= 4 is 45.9 Å². The fraction of sp³-hybridized carbons (Fsp3) is 0.222. The standard InChI is InChI=1S/C9H10INOS/c1-13-8-5-3-2-4-7(8)11-9(12)6-10/h2-5H,6H2,1H3,(H,11,12). The van der Waals surface area contributed by atoms with Gasteiger partial charge in [-0.25, -0.2) is 0 Å². The molecule has 0 saturated carbocycles. The Labute approximate surface area is 95.6 Å². The summed E-state index contributed by atoms with van der Waals surface area (Å²) < 4.78 is 0.487. The number of hydrogen-bond acceptors (Lipinski definition) is 2. The molecule has 0 fully saturated rings. The number of alkyl halides is 1. The first kappa shape index (κ1) is 10.8. The Morgan fingerprint density at radius 1 is 1.54 bits per heavy atom. The Hall–Kier alpha value is -0.230. The van der Waals surface area contributed by atoms with E-state index in [-0.39, 0.29) is 5.91 Å². The van der Waals surface area contributed by atoms with Gasteiger partial charge in [0.2, 0.25) is 5.91 Å². The van der Waals surface area contributed by atoms with Gasteiger partial charge in [0.25, 0.3) is 0 Å². The van der Waals surface area contributed by atoms with Gasteiger partial charge >= 0.3 is 0 Å². The van der Waals surface area contributed by atoms with E-state index >= 15 is 0 Å². The van der Waals surface area contributed by atoms with E-state index in [4.69, 9.17) is 0 Å². The molecule has 0 aromatic heterocycles. The number of halogens is 1. The van der Waals surface area contributed by atoms with Crippen LogP contribution in [0, 0.1) is 0 Å². The summed E-state index contributed by atoms with van der Waals surface area (Å²) in [4.78, 5) is 12.2. The van der Waals surface area contributed by atoms with Gasteiger partial charge < -0.3 is 5.32 Å². The number of amides is 1. The van der Waals surface area contributed by atoms with Crippen LogP contribution < -0.4 is 5.32 Å². The maximum Gasteiger partial charge on any atom is 0.234 e. The molecule has 13 heavy (non-hydrogen) atoms. The predicted octanol–water partition coefficient (Wildman–Crippen LogP) is 2.78. The Kier molecular flexibility index (Phi) is 4.58. The molecule has 0 heterocycles. The van der Waals surface area contributed by atoms with E-state index in [0.29, 0.717) is 4.43 Å². The molecule has 0 bridgehead atoms. The Morgan fingerprint density at radius 3 is 2.85 bits per heavy atom. The predicted molar refractivity (Wildman–Crippen MR) is 65.7 cm³/mol. The normalized spacial score (nSPS) is 9.69. The topological polar surface area (TPSA) is 29.1 Å². The van der Waals surface area contributed by atoms with Gasteiger partial charge in [0, 0.05) is 4.90 Å². The summed E-state index contributed by atoms with van der Waals surface area (Å²) in [6.45, 7) is 0. The van der Waals surface area contributed by atoms with Gasteiger partial charge in [-0.1, -0.05) is 34.7 Å². The van der Waals surface area contributed by atoms with Crippen LogP contribution in [0.5, 0.6) is 0 Å². The summed E-state index contributed by atoms with van der Waals surface area (Å²) in [5.74, 6) is 0.0436. The molecule has 1 N–H and O–H groups in total. The van der Waals surface area contributed by atoms with Gasteiger partial charge in [-0.3, -0.25) is 4.79 Å². The second kappa shape index (κ2) is 5.49. The molecule has 0 unspecified atom stereocenters. The molecule has 0 atom stereocenters. The monoisotopic (exact) mass is 307 g/mol. The highest BCUT2D eigenvalue weighted by molar-refractivity contribution is 14.1. The third kappa shape index (κ3) is 3.19. The van der Waals surface area contributed by atoms with Gasteiger partial charge in [-0.2, -0.15) is 0 Å². The van der Waals surface area contributed by atoms with Crippen molar-refractivity contribution in [2.45, 2.75) is 4.90 Å². The van der Waals surface area contributed by atoms with E-state index < -0.39 is 0 Å². The van der Waals surface area contributed by atoms with Crippen molar-refractivity contribution in [3.63, 3.8) is 0 Å². The van der Waals surface area contributed by atoms with Crippen molar-refractivity contribution in [3.05, 3.63) is 24.3 Å². The lowest BCUT2D eigenvalue weighted by molar-refractivity contribution is -0.113. The second-order valence-electron chi connectivity index (χ2n) is 2.38.